The quantitative estimate of drug-likeness (QED) is 0.0172. The molecule has 1 aliphatic heterocycles. The molecule has 1 amide bonds. The first-order valence-electron chi connectivity index (χ1n) is 29.7. The van der Waals surface area contributed by atoms with E-state index in [9.17, 15) is 43.3 Å². The number of aliphatic hydroxyl groups excluding tert-OH is 5. The first-order valence-corrected chi connectivity index (χ1v) is 31.0. The van der Waals surface area contributed by atoms with Crippen molar-refractivity contribution >= 4 is 16.3 Å². The Morgan fingerprint density at radius 2 is 0.915 bits per heavy atom. The maximum atomic E-state index is 13.2. The molecule has 8 atom stereocenters. The zero-order valence-corrected chi connectivity index (χ0v) is 46.2. The predicted molar refractivity (Wildman–Crippen MR) is 288 cm³/mol. The van der Waals surface area contributed by atoms with Gasteiger partial charge in [0.05, 0.1) is 25.4 Å². The predicted octanol–water partition coefficient (Wildman–Crippen LogP) is 12.8. The molecular formula is C57H111NO12S. The molecule has 0 saturated carbocycles. The number of rotatable bonds is 52. The molecule has 7 N–H and O–H groups in total. The zero-order valence-electron chi connectivity index (χ0n) is 45.4. The van der Waals surface area contributed by atoms with Gasteiger partial charge in [-0.15, -0.1) is 0 Å². The van der Waals surface area contributed by atoms with Crippen molar-refractivity contribution in [3.63, 3.8) is 0 Å². The van der Waals surface area contributed by atoms with E-state index in [2.05, 4.69) is 23.3 Å². The van der Waals surface area contributed by atoms with Gasteiger partial charge >= 0.3 is 10.4 Å². The minimum Gasteiger partial charge on any atom is -0.394 e. The third-order valence-electron chi connectivity index (χ3n) is 14.4. The summed E-state index contributed by atoms with van der Waals surface area (Å²) in [6.45, 7) is 3.28. The van der Waals surface area contributed by atoms with E-state index in [1.165, 1.54) is 212 Å². The minimum atomic E-state index is -5.12. The van der Waals surface area contributed by atoms with E-state index >= 15 is 0 Å². The van der Waals surface area contributed by atoms with Crippen molar-refractivity contribution in [2.75, 3.05) is 13.2 Å². The summed E-state index contributed by atoms with van der Waals surface area (Å²) in [7, 11) is -5.12. The van der Waals surface area contributed by atoms with Crippen LogP contribution in [0.5, 0.6) is 0 Å². The lowest BCUT2D eigenvalue weighted by atomic mass is 9.99. The second-order valence-electron chi connectivity index (χ2n) is 21.1. The number of hydrogen-bond acceptors (Lipinski definition) is 11. The van der Waals surface area contributed by atoms with E-state index < -0.39 is 78.5 Å². The summed E-state index contributed by atoms with van der Waals surface area (Å²) in [6, 6.07) is -1.12. The molecule has 0 aliphatic carbocycles. The summed E-state index contributed by atoms with van der Waals surface area (Å²) in [6.07, 6.45) is 44.3. The maximum absolute atomic E-state index is 13.2. The Hall–Kier alpha value is -1.20. The Morgan fingerprint density at radius 1 is 0.563 bits per heavy atom. The standard InChI is InChI=1S/C57H111NO12S/c1-3-5-7-9-11-13-15-17-19-21-23-25-26-28-30-32-34-36-38-40-42-44-46-51(61)56(64)58-49(48-68-57-54(63)55(70-71(65,66)67)53(62)52(47-59)69-57)50(60)45-43-41-39-37-35-33-31-29-27-24-22-20-18-16-14-12-10-8-6-4-2/h43,45,49-55,57,59-63H,3-42,44,46-48H2,1-2H3,(H,58,64)(H,65,66,67)/b45-43+. The van der Waals surface area contributed by atoms with Gasteiger partial charge in [0.2, 0.25) is 5.91 Å². The molecule has 0 bridgehead atoms. The highest BCUT2D eigenvalue weighted by molar-refractivity contribution is 7.80. The van der Waals surface area contributed by atoms with E-state index in [0.717, 1.165) is 38.5 Å². The van der Waals surface area contributed by atoms with Crippen molar-refractivity contribution in [1.82, 2.24) is 5.32 Å². The highest BCUT2D eigenvalue weighted by Gasteiger charge is 2.48. The second kappa shape index (κ2) is 47.3. The van der Waals surface area contributed by atoms with Gasteiger partial charge in [-0.1, -0.05) is 276 Å². The van der Waals surface area contributed by atoms with Crippen LogP contribution < -0.4 is 5.32 Å². The average Bonchev–Trinajstić information content (AvgIpc) is 3.35. The van der Waals surface area contributed by atoms with Gasteiger partial charge < -0.3 is 40.3 Å². The molecule has 0 aromatic carbocycles. The first kappa shape index (κ1) is 67.8. The number of unbranched alkanes of at least 4 members (excludes halogenated alkanes) is 39. The molecule has 1 rings (SSSR count). The van der Waals surface area contributed by atoms with Crippen molar-refractivity contribution in [1.29, 1.82) is 0 Å². The van der Waals surface area contributed by atoms with Crippen molar-refractivity contribution < 1.29 is 57.0 Å². The van der Waals surface area contributed by atoms with Gasteiger partial charge in [-0.05, 0) is 19.3 Å². The Balaban J connectivity index is 2.41. The van der Waals surface area contributed by atoms with Crippen LogP contribution in [-0.4, -0.2) is 107 Å². The molecular weight excluding hydrogens is 923 g/mol. The van der Waals surface area contributed by atoms with Crippen LogP contribution in [0.25, 0.3) is 0 Å². The lowest BCUT2D eigenvalue weighted by molar-refractivity contribution is -0.298. The molecule has 0 aromatic heterocycles. The fourth-order valence-corrected chi connectivity index (χ4v) is 10.3. The number of allylic oxidation sites excluding steroid dienone is 1. The van der Waals surface area contributed by atoms with E-state index in [0.29, 0.717) is 12.8 Å². The largest absolute Gasteiger partial charge is 0.397 e. The van der Waals surface area contributed by atoms with Gasteiger partial charge in [-0.3, -0.25) is 9.35 Å². The molecule has 1 saturated heterocycles. The number of carbonyl (C=O) groups is 1. The van der Waals surface area contributed by atoms with Crippen LogP contribution >= 0.6 is 0 Å². The fraction of sp³-hybridized carbons (Fsp3) is 0.947. The molecule has 1 aliphatic rings. The molecule has 13 nitrogen and oxygen atoms in total. The van der Waals surface area contributed by atoms with Crippen LogP contribution in [0.1, 0.15) is 284 Å². The SMILES string of the molecule is CCCCCCCCCCCCCCCCCCCC/C=C/C(O)C(COC1OC(CO)C(O)C(OS(=O)(=O)O)C1O)NC(=O)C(O)CCCCCCCCCCCCCCCCCCCCCCCC. The van der Waals surface area contributed by atoms with Gasteiger partial charge in [0.25, 0.3) is 0 Å². The number of amides is 1. The average molecular weight is 1030 g/mol. The molecule has 0 aromatic rings. The maximum Gasteiger partial charge on any atom is 0.397 e. The smallest absolute Gasteiger partial charge is 0.394 e. The Bertz CT molecular complexity index is 1320. The lowest BCUT2D eigenvalue weighted by Crippen LogP contribution is -2.61. The molecule has 422 valence electrons. The summed E-state index contributed by atoms with van der Waals surface area (Å²) < 4.78 is 47.8. The Morgan fingerprint density at radius 3 is 1.27 bits per heavy atom. The summed E-state index contributed by atoms with van der Waals surface area (Å²) in [5.41, 5.74) is 0. The molecule has 1 fully saturated rings. The first-order chi connectivity index (χ1) is 34.4. The topological polar surface area (TPSA) is 212 Å². The van der Waals surface area contributed by atoms with Gasteiger partial charge in [-0.2, -0.15) is 8.42 Å². The number of aliphatic hydroxyl groups is 5. The van der Waals surface area contributed by atoms with Gasteiger partial charge in [0.1, 0.15) is 30.5 Å². The van der Waals surface area contributed by atoms with Crippen molar-refractivity contribution in [2.45, 2.75) is 332 Å². The van der Waals surface area contributed by atoms with Crippen LogP contribution in [0.15, 0.2) is 12.2 Å². The van der Waals surface area contributed by atoms with Crippen LogP contribution in [-0.2, 0) is 28.9 Å². The number of hydrogen-bond donors (Lipinski definition) is 7. The highest BCUT2D eigenvalue weighted by Crippen LogP contribution is 2.26. The number of nitrogens with one attached hydrogen (secondary N) is 1. The van der Waals surface area contributed by atoms with Gasteiger partial charge in [0.15, 0.2) is 6.29 Å². The second-order valence-corrected chi connectivity index (χ2v) is 22.1. The van der Waals surface area contributed by atoms with Gasteiger partial charge in [-0.25, -0.2) is 4.18 Å². The lowest BCUT2D eigenvalue weighted by Gasteiger charge is -2.41. The Kier molecular flexibility index (Phi) is 45.1. The fourth-order valence-electron chi connectivity index (χ4n) is 9.76. The molecule has 14 heteroatoms. The normalized spacial score (nSPS) is 19.9. The molecule has 71 heavy (non-hydrogen) atoms. The Labute approximate surface area is 434 Å². The van der Waals surface area contributed by atoms with E-state index in [1.807, 2.05) is 6.08 Å². The summed E-state index contributed by atoms with van der Waals surface area (Å²) in [5, 5.41) is 55.6. The van der Waals surface area contributed by atoms with Crippen LogP contribution in [0.2, 0.25) is 0 Å². The van der Waals surface area contributed by atoms with Crippen LogP contribution in [0, 0.1) is 0 Å². The van der Waals surface area contributed by atoms with E-state index in [1.54, 1.807) is 6.08 Å². The minimum absolute atomic E-state index is 0.249. The third kappa shape index (κ3) is 38.9. The van der Waals surface area contributed by atoms with E-state index in [4.69, 9.17) is 9.47 Å². The zero-order chi connectivity index (χ0) is 52.1. The summed E-state index contributed by atoms with van der Waals surface area (Å²) in [5.74, 6) is -0.695. The van der Waals surface area contributed by atoms with Crippen molar-refractivity contribution in [3.8, 4) is 0 Å². The molecule has 8 unspecified atom stereocenters. The summed E-state index contributed by atoms with van der Waals surface area (Å²) in [4.78, 5) is 13.2. The molecule has 1 heterocycles. The van der Waals surface area contributed by atoms with E-state index in [-0.39, 0.29) is 6.42 Å². The van der Waals surface area contributed by atoms with Crippen molar-refractivity contribution in [3.05, 3.63) is 12.2 Å². The highest BCUT2D eigenvalue weighted by atomic mass is 32.3. The molecule has 0 radical (unpaired) electrons. The van der Waals surface area contributed by atoms with Crippen molar-refractivity contribution in [2.24, 2.45) is 0 Å². The molecule has 0 spiro atoms. The van der Waals surface area contributed by atoms with Crippen LogP contribution in [0.4, 0.5) is 0 Å². The third-order valence-corrected chi connectivity index (χ3v) is 14.9. The number of ether oxygens (including phenoxy) is 2. The summed E-state index contributed by atoms with van der Waals surface area (Å²) >= 11 is 0. The number of carbonyl (C=O) groups excluding carboxylic acids is 1. The van der Waals surface area contributed by atoms with Crippen LogP contribution in [0.3, 0.4) is 0 Å². The monoisotopic (exact) mass is 1030 g/mol. The van der Waals surface area contributed by atoms with Gasteiger partial charge in [0, 0.05) is 0 Å².